The lowest BCUT2D eigenvalue weighted by Crippen LogP contribution is -2.08. The zero-order valence-corrected chi connectivity index (χ0v) is 12.2. The van der Waals surface area contributed by atoms with Crippen LogP contribution in [0.15, 0.2) is 42.6 Å². The highest BCUT2D eigenvalue weighted by molar-refractivity contribution is 5.80. The Morgan fingerprint density at radius 3 is 2.70 bits per heavy atom. The molecule has 106 valence electrons. The monoisotopic (exact) mass is 270 g/mol. The molecule has 0 aliphatic heterocycles. The normalized spacial score (nSPS) is 12.3. The Balaban J connectivity index is 1.84. The molecule has 1 aromatic carbocycles. The second kappa shape index (κ2) is 7.04. The summed E-state index contributed by atoms with van der Waals surface area (Å²) in [4.78, 5) is 12.0. The van der Waals surface area contributed by atoms with Crippen molar-refractivity contribution in [1.29, 1.82) is 0 Å². The Morgan fingerprint density at radius 1 is 1.25 bits per heavy atom. The van der Waals surface area contributed by atoms with Crippen LogP contribution in [0.3, 0.4) is 0 Å². The van der Waals surface area contributed by atoms with Crippen LogP contribution >= 0.6 is 0 Å². The maximum atomic E-state index is 12.0. The highest BCUT2D eigenvalue weighted by atomic mass is 16.1. The van der Waals surface area contributed by atoms with Gasteiger partial charge >= 0.3 is 0 Å². The molecule has 0 radical (unpaired) electrons. The predicted octanol–water partition coefficient (Wildman–Crippen LogP) is 3.60. The number of hydrogen-bond donors (Lipinski definition) is 0. The molecule has 0 aliphatic rings. The van der Waals surface area contributed by atoms with Crippen LogP contribution in [0.5, 0.6) is 0 Å². The molecule has 0 N–H and O–H groups in total. The third-order valence-electron chi connectivity index (χ3n) is 3.62. The van der Waals surface area contributed by atoms with E-state index in [1.54, 1.807) is 0 Å². The largest absolute Gasteiger partial charge is 0.299 e. The summed E-state index contributed by atoms with van der Waals surface area (Å²) in [5.41, 5.74) is 2.09. The average Bonchev–Trinajstić information content (AvgIpc) is 2.94. The number of aryl methyl sites for hydroxylation is 1. The number of nitrogens with zero attached hydrogens (tertiary/aromatic N) is 2. The second-order valence-corrected chi connectivity index (χ2v) is 5.25. The Bertz CT molecular complexity index is 545. The van der Waals surface area contributed by atoms with E-state index in [0.29, 0.717) is 18.9 Å². The zero-order valence-electron chi connectivity index (χ0n) is 12.2. The van der Waals surface area contributed by atoms with Crippen molar-refractivity contribution < 1.29 is 4.79 Å². The number of benzene rings is 1. The third-order valence-corrected chi connectivity index (χ3v) is 3.62. The van der Waals surface area contributed by atoms with Crippen LogP contribution in [0.25, 0.3) is 0 Å². The van der Waals surface area contributed by atoms with Gasteiger partial charge < -0.3 is 0 Å². The van der Waals surface area contributed by atoms with E-state index in [4.69, 9.17) is 0 Å². The van der Waals surface area contributed by atoms with E-state index >= 15 is 0 Å². The summed E-state index contributed by atoms with van der Waals surface area (Å²) in [6, 6.07) is 12.5. The SMILES string of the molecule is CCC(C)n1ccc(CC(=O)CCc2ccccc2)n1. The number of aromatic nitrogens is 2. The van der Waals surface area contributed by atoms with Gasteiger partial charge in [0, 0.05) is 18.7 Å². The molecular weight excluding hydrogens is 248 g/mol. The van der Waals surface area contributed by atoms with Crippen LogP contribution in [0.2, 0.25) is 0 Å². The molecule has 1 aromatic heterocycles. The molecule has 1 unspecified atom stereocenters. The molecule has 0 aliphatic carbocycles. The highest BCUT2D eigenvalue weighted by Crippen LogP contribution is 2.10. The molecule has 0 amide bonds. The molecule has 0 fully saturated rings. The molecule has 1 heterocycles. The number of carbonyl (C=O) groups excluding carboxylic acids is 1. The van der Waals surface area contributed by atoms with Gasteiger partial charge in [-0.25, -0.2) is 0 Å². The van der Waals surface area contributed by atoms with E-state index in [1.807, 2.05) is 35.1 Å². The maximum Gasteiger partial charge on any atom is 0.139 e. The fourth-order valence-corrected chi connectivity index (χ4v) is 2.12. The molecule has 20 heavy (non-hydrogen) atoms. The molecule has 1 atom stereocenters. The average molecular weight is 270 g/mol. The first-order chi connectivity index (χ1) is 9.69. The summed E-state index contributed by atoms with van der Waals surface area (Å²) in [5.74, 6) is 0.253. The standard InChI is InChI=1S/C17H22N2O/c1-3-14(2)19-12-11-16(18-19)13-17(20)10-9-15-7-5-4-6-8-15/h4-8,11-12,14H,3,9-10,13H2,1-2H3. The Morgan fingerprint density at radius 2 is 2.00 bits per heavy atom. The summed E-state index contributed by atoms with van der Waals surface area (Å²) in [6.07, 6.45) is 4.85. The van der Waals surface area contributed by atoms with Crippen molar-refractivity contribution in [2.24, 2.45) is 0 Å². The first-order valence-electron chi connectivity index (χ1n) is 7.28. The summed E-state index contributed by atoms with van der Waals surface area (Å²) < 4.78 is 1.94. The molecule has 3 heteroatoms. The lowest BCUT2D eigenvalue weighted by atomic mass is 10.1. The fraction of sp³-hybridized carbons (Fsp3) is 0.412. The molecular formula is C17H22N2O. The van der Waals surface area contributed by atoms with Crippen molar-refractivity contribution in [2.75, 3.05) is 0 Å². The van der Waals surface area contributed by atoms with Gasteiger partial charge in [-0.1, -0.05) is 37.3 Å². The predicted molar refractivity (Wildman–Crippen MR) is 80.7 cm³/mol. The van der Waals surface area contributed by atoms with Gasteiger partial charge in [-0.3, -0.25) is 9.48 Å². The Labute approximate surface area is 120 Å². The Hall–Kier alpha value is -1.90. The number of carbonyl (C=O) groups is 1. The van der Waals surface area contributed by atoms with Crippen LogP contribution in [-0.4, -0.2) is 15.6 Å². The van der Waals surface area contributed by atoms with E-state index in [9.17, 15) is 4.79 Å². The topological polar surface area (TPSA) is 34.9 Å². The summed E-state index contributed by atoms with van der Waals surface area (Å²) in [5, 5.41) is 4.47. The van der Waals surface area contributed by atoms with Gasteiger partial charge in [0.05, 0.1) is 12.1 Å². The smallest absolute Gasteiger partial charge is 0.139 e. The van der Waals surface area contributed by atoms with Crippen molar-refractivity contribution in [3.8, 4) is 0 Å². The molecule has 2 aromatic rings. The van der Waals surface area contributed by atoms with Gasteiger partial charge in [0.2, 0.25) is 0 Å². The van der Waals surface area contributed by atoms with Crippen molar-refractivity contribution in [1.82, 2.24) is 9.78 Å². The third kappa shape index (κ3) is 4.05. The van der Waals surface area contributed by atoms with Gasteiger partial charge in [0.1, 0.15) is 5.78 Å². The molecule has 0 saturated heterocycles. The van der Waals surface area contributed by atoms with Crippen LogP contribution in [0.1, 0.15) is 44.0 Å². The van der Waals surface area contributed by atoms with Gasteiger partial charge in [0.25, 0.3) is 0 Å². The van der Waals surface area contributed by atoms with Crippen molar-refractivity contribution in [3.05, 3.63) is 53.9 Å². The number of hydrogen-bond acceptors (Lipinski definition) is 2. The summed E-state index contributed by atoms with van der Waals surface area (Å²) >= 11 is 0. The fourth-order valence-electron chi connectivity index (χ4n) is 2.12. The van der Waals surface area contributed by atoms with E-state index in [-0.39, 0.29) is 5.78 Å². The molecule has 0 bridgehead atoms. The van der Waals surface area contributed by atoms with Gasteiger partial charge in [-0.05, 0) is 31.4 Å². The minimum absolute atomic E-state index is 0.253. The van der Waals surface area contributed by atoms with Crippen LogP contribution in [-0.2, 0) is 17.6 Å². The summed E-state index contributed by atoms with van der Waals surface area (Å²) in [7, 11) is 0. The molecule has 0 saturated carbocycles. The van der Waals surface area contributed by atoms with Gasteiger partial charge in [-0.15, -0.1) is 0 Å². The van der Waals surface area contributed by atoms with Gasteiger partial charge in [-0.2, -0.15) is 5.10 Å². The van der Waals surface area contributed by atoms with Crippen molar-refractivity contribution in [3.63, 3.8) is 0 Å². The minimum Gasteiger partial charge on any atom is -0.299 e. The minimum atomic E-state index is 0.253. The number of Topliss-reactive ketones (excluding diaryl/α,β-unsaturated/α-hetero) is 1. The second-order valence-electron chi connectivity index (χ2n) is 5.25. The summed E-state index contributed by atoms with van der Waals surface area (Å²) in [6.45, 7) is 4.27. The van der Waals surface area contributed by atoms with E-state index in [2.05, 4.69) is 31.1 Å². The maximum absolute atomic E-state index is 12.0. The molecule has 2 rings (SSSR count). The van der Waals surface area contributed by atoms with Crippen LogP contribution in [0, 0.1) is 0 Å². The quantitative estimate of drug-likeness (QED) is 0.770. The van der Waals surface area contributed by atoms with E-state index in [1.165, 1.54) is 5.56 Å². The first kappa shape index (κ1) is 14.5. The lowest BCUT2D eigenvalue weighted by molar-refractivity contribution is -0.118. The van der Waals surface area contributed by atoms with E-state index < -0.39 is 0 Å². The van der Waals surface area contributed by atoms with Gasteiger partial charge in [0.15, 0.2) is 0 Å². The molecule has 0 spiro atoms. The molecule has 3 nitrogen and oxygen atoms in total. The van der Waals surface area contributed by atoms with E-state index in [0.717, 1.165) is 18.5 Å². The highest BCUT2D eigenvalue weighted by Gasteiger charge is 2.09. The zero-order chi connectivity index (χ0) is 14.4. The number of ketones is 1. The van der Waals surface area contributed by atoms with Crippen molar-refractivity contribution >= 4 is 5.78 Å². The van der Waals surface area contributed by atoms with Crippen LogP contribution in [0.4, 0.5) is 0 Å². The van der Waals surface area contributed by atoms with Crippen molar-refractivity contribution in [2.45, 2.75) is 45.6 Å². The van der Waals surface area contributed by atoms with Crippen LogP contribution < -0.4 is 0 Å². The Kier molecular flexibility index (Phi) is 5.10. The lowest BCUT2D eigenvalue weighted by Gasteiger charge is -2.08. The first-order valence-corrected chi connectivity index (χ1v) is 7.28. The number of rotatable bonds is 7.